The number of carbonyl (C=O) groups is 2. The zero-order chi connectivity index (χ0) is 14.8. The molecule has 0 bridgehead atoms. The Bertz CT molecular complexity index is 300. The fourth-order valence-corrected chi connectivity index (χ4v) is 2.43. The molecule has 0 radical (unpaired) electrons. The lowest BCUT2D eigenvalue weighted by Gasteiger charge is -2.31. The molecule has 0 aromatic heterocycles. The summed E-state index contributed by atoms with van der Waals surface area (Å²) >= 11 is 0. The fraction of sp³-hybridized carbons (Fsp3) is 0.875. The van der Waals surface area contributed by atoms with E-state index in [2.05, 4.69) is 6.92 Å². The minimum absolute atomic E-state index is 0.201. The van der Waals surface area contributed by atoms with E-state index in [9.17, 15) is 9.59 Å². The van der Waals surface area contributed by atoms with Gasteiger partial charge in [0.1, 0.15) is 0 Å². The van der Waals surface area contributed by atoms with Crippen molar-refractivity contribution in [2.45, 2.75) is 65.2 Å². The van der Waals surface area contributed by atoms with Gasteiger partial charge in [-0.05, 0) is 26.2 Å². The smallest absolute Gasteiger partial charge is 0.307 e. The monoisotopic (exact) mass is 283 g/mol. The van der Waals surface area contributed by atoms with Crippen LogP contribution in [0.3, 0.4) is 0 Å². The van der Waals surface area contributed by atoms with E-state index < -0.39 is 0 Å². The molecule has 0 spiro atoms. The van der Waals surface area contributed by atoms with Crippen LogP contribution in [0.2, 0.25) is 0 Å². The maximum Gasteiger partial charge on any atom is 0.307 e. The number of hydrogen-bond donors (Lipinski definition) is 0. The van der Waals surface area contributed by atoms with Crippen LogP contribution < -0.4 is 0 Å². The van der Waals surface area contributed by atoms with E-state index in [1.807, 2.05) is 4.90 Å². The second-order valence-electron chi connectivity index (χ2n) is 5.57. The normalized spacial score (nSPS) is 14.7. The number of ether oxygens (including phenoxy) is 1. The first kappa shape index (κ1) is 17.0. The molecule has 0 aliphatic heterocycles. The highest BCUT2D eigenvalue weighted by Crippen LogP contribution is 2.28. The lowest BCUT2D eigenvalue weighted by atomic mass is 9.84. The molecule has 1 aliphatic carbocycles. The van der Waals surface area contributed by atoms with Crippen LogP contribution in [0.25, 0.3) is 0 Å². The van der Waals surface area contributed by atoms with Crippen LogP contribution in [-0.4, -0.2) is 36.5 Å². The zero-order valence-electron chi connectivity index (χ0n) is 13.0. The number of hydrogen-bond acceptors (Lipinski definition) is 3. The third-order valence-electron chi connectivity index (χ3n) is 3.94. The Balaban J connectivity index is 2.36. The summed E-state index contributed by atoms with van der Waals surface area (Å²) in [5.74, 6) is 0.257. The number of nitrogens with zero attached hydrogens (tertiary/aromatic N) is 1. The van der Waals surface area contributed by atoms with Crippen molar-refractivity contribution in [3.63, 3.8) is 0 Å². The number of esters is 1. The Morgan fingerprint density at radius 1 is 1.10 bits per heavy atom. The summed E-state index contributed by atoms with van der Waals surface area (Å²) in [5, 5.41) is 0. The Morgan fingerprint density at radius 3 is 2.40 bits per heavy atom. The molecule has 0 aromatic carbocycles. The van der Waals surface area contributed by atoms with Gasteiger partial charge in [-0.15, -0.1) is 0 Å². The SMILES string of the molecule is CCCCCCN(CCC(=O)OCC)C(=O)C1CCC1. The van der Waals surface area contributed by atoms with Crippen molar-refractivity contribution < 1.29 is 14.3 Å². The maximum atomic E-state index is 12.3. The highest BCUT2D eigenvalue weighted by atomic mass is 16.5. The van der Waals surface area contributed by atoms with E-state index in [0.29, 0.717) is 19.6 Å². The summed E-state index contributed by atoms with van der Waals surface area (Å²) < 4.78 is 4.94. The Hall–Kier alpha value is -1.06. The predicted molar refractivity (Wildman–Crippen MR) is 79.3 cm³/mol. The maximum absolute atomic E-state index is 12.3. The number of amides is 1. The van der Waals surface area contributed by atoms with E-state index in [1.165, 1.54) is 12.8 Å². The lowest BCUT2D eigenvalue weighted by molar-refractivity contribution is -0.145. The molecule has 0 aromatic rings. The quantitative estimate of drug-likeness (QED) is 0.457. The molecule has 0 N–H and O–H groups in total. The molecule has 1 aliphatic rings. The molecule has 1 rings (SSSR count). The van der Waals surface area contributed by atoms with Gasteiger partial charge in [-0.2, -0.15) is 0 Å². The lowest BCUT2D eigenvalue weighted by Crippen LogP contribution is -2.40. The fourth-order valence-electron chi connectivity index (χ4n) is 2.43. The number of rotatable bonds is 10. The van der Waals surface area contributed by atoms with Crippen LogP contribution in [0.15, 0.2) is 0 Å². The topological polar surface area (TPSA) is 46.6 Å². The van der Waals surface area contributed by atoms with Crippen molar-refractivity contribution in [3.8, 4) is 0 Å². The molecule has 4 nitrogen and oxygen atoms in total. The summed E-state index contributed by atoms with van der Waals surface area (Å²) in [5.41, 5.74) is 0. The van der Waals surface area contributed by atoms with Crippen molar-refractivity contribution in [3.05, 3.63) is 0 Å². The van der Waals surface area contributed by atoms with Crippen LogP contribution in [0.1, 0.15) is 65.2 Å². The molecule has 1 amide bonds. The molecule has 1 fully saturated rings. The van der Waals surface area contributed by atoms with Gasteiger partial charge in [-0.25, -0.2) is 0 Å². The molecular weight excluding hydrogens is 254 g/mol. The van der Waals surface area contributed by atoms with Crippen LogP contribution >= 0.6 is 0 Å². The van der Waals surface area contributed by atoms with E-state index >= 15 is 0 Å². The molecule has 0 atom stereocenters. The second-order valence-corrected chi connectivity index (χ2v) is 5.57. The summed E-state index contributed by atoms with van der Waals surface area (Å²) in [6, 6.07) is 0. The third kappa shape index (κ3) is 5.93. The standard InChI is InChI=1S/C16H29NO3/c1-3-5-6-7-12-17(13-11-15(18)20-4-2)16(19)14-9-8-10-14/h14H,3-13H2,1-2H3. The average Bonchev–Trinajstić information content (AvgIpc) is 2.36. The Morgan fingerprint density at radius 2 is 1.85 bits per heavy atom. The molecule has 0 heterocycles. The van der Waals surface area contributed by atoms with E-state index in [4.69, 9.17) is 4.74 Å². The molecule has 20 heavy (non-hydrogen) atoms. The van der Waals surface area contributed by atoms with E-state index in [1.54, 1.807) is 6.92 Å². The first-order valence-corrected chi connectivity index (χ1v) is 8.13. The largest absolute Gasteiger partial charge is 0.466 e. The number of unbranched alkanes of at least 4 members (excludes halogenated alkanes) is 3. The summed E-state index contributed by atoms with van der Waals surface area (Å²) in [6.45, 7) is 5.69. The van der Waals surface area contributed by atoms with E-state index in [-0.39, 0.29) is 17.8 Å². The summed E-state index contributed by atoms with van der Waals surface area (Å²) in [7, 11) is 0. The van der Waals surface area contributed by atoms with Gasteiger partial charge in [0.25, 0.3) is 0 Å². The van der Waals surface area contributed by atoms with Crippen molar-refractivity contribution in [1.29, 1.82) is 0 Å². The third-order valence-corrected chi connectivity index (χ3v) is 3.94. The van der Waals surface area contributed by atoms with Gasteiger partial charge in [-0.1, -0.05) is 32.6 Å². The van der Waals surface area contributed by atoms with Gasteiger partial charge in [0.15, 0.2) is 0 Å². The highest BCUT2D eigenvalue weighted by Gasteiger charge is 2.29. The van der Waals surface area contributed by atoms with Gasteiger partial charge in [-0.3, -0.25) is 9.59 Å². The molecule has 1 saturated carbocycles. The molecular formula is C16H29NO3. The van der Waals surface area contributed by atoms with Gasteiger partial charge >= 0.3 is 5.97 Å². The zero-order valence-corrected chi connectivity index (χ0v) is 13.0. The Kier molecular flexibility index (Phi) is 8.31. The Labute approximate surface area is 122 Å². The molecule has 0 unspecified atom stereocenters. The van der Waals surface area contributed by atoms with Gasteiger partial charge < -0.3 is 9.64 Å². The van der Waals surface area contributed by atoms with Crippen LogP contribution in [-0.2, 0) is 14.3 Å². The summed E-state index contributed by atoms with van der Waals surface area (Å²) in [6.07, 6.45) is 8.12. The first-order chi connectivity index (χ1) is 9.69. The van der Waals surface area contributed by atoms with Gasteiger partial charge in [0.2, 0.25) is 5.91 Å². The van der Waals surface area contributed by atoms with Crippen LogP contribution in [0.4, 0.5) is 0 Å². The first-order valence-electron chi connectivity index (χ1n) is 8.13. The number of carbonyl (C=O) groups excluding carboxylic acids is 2. The second kappa shape index (κ2) is 9.78. The van der Waals surface area contributed by atoms with Crippen molar-refractivity contribution in [2.24, 2.45) is 5.92 Å². The minimum Gasteiger partial charge on any atom is -0.466 e. The molecule has 0 saturated heterocycles. The average molecular weight is 283 g/mol. The highest BCUT2D eigenvalue weighted by molar-refractivity contribution is 5.80. The summed E-state index contributed by atoms with van der Waals surface area (Å²) in [4.78, 5) is 25.7. The van der Waals surface area contributed by atoms with Gasteiger partial charge in [0.05, 0.1) is 13.0 Å². The van der Waals surface area contributed by atoms with Gasteiger partial charge in [0, 0.05) is 19.0 Å². The molecule has 4 heteroatoms. The predicted octanol–water partition coefficient (Wildman–Crippen LogP) is 3.15. The minimum atomic E-state index is -0.201. The van der Waals surface area contributed by atoms with Crippen molar-refractivity contribution >= 4 is 11.9 Å². The van der Waals surface area contributed by atoms with E-state index in [0.717, 1.165) is 38.6 Å². The van der Waals surface area contributed by atoms with Crippen LogP contribution in [0.5, 0.6) is 0 Å². The van der Waals surface area contributed by atoms with Crippen molar-refractivity contribution in [2.75, 3.05) is 19.7 Å². The molecule has 116 valence electrons. The van der Waals surface area contributed by atoms with Crippen molar-refractivity contribution in [1.82, 2.24) is 4.90 Å². The van der Waals surface area contributed by atoms with Crippen LogP contribution in [0, 0.1) is 5.92 Å².